The number of hydrogen-bond donors (Lipinski definition) is 3. The molecule has 0 aliphatic carbocycles. The molecule has 5 amide bonds. The lowest BCUT2D eigenvalue weighted by molar-refractivity contribution is -0.835. The number of aromatic nitrogens is 3. The number of carbonyl (C=O) groups excluding carboxylic acids is 4. The van der Waals surface area contributed by atoms with Crippen molar-refractivity contribution in [2.45, 2.75) is 123 Å². The number of nitrogens with zero attached hydrogens (tertiary/aromatic N) is 8. The number of hydrogen-bond acceptors (Lipinski definition) is 12. The van der Waals surface area contributed by atoms with Gasteiger partial charge in [-0.2, -0.15) is 5.43 Å². The summed E-state index contributed by atoms with van der Waals surface area (Å²) in [6.07, 6.45) is 3.75. The van der Waals surface area contributed by atoms with E-state index in [9.17, 15) is 24.1 Å². The highest BCUT2D eigenvalue weighted by Gasteiger charge is 2.42. The first-order chi connectivity index (χ1) is 32.5. The van der Waals surface area contributed by atoms with E-state index in [0.29, 0.717) is 61.9 Å². The lowest BCUT2D eigenvalue weighted by Crippen LogP contribution is -2.63. The molecule has 8 rings (SSSR count). The number of piperidine rings is 1. The molecule has 6 atom stereocenters. The molecule has 6 bridgehead atoms. The third-order valence-electron chi connectivity index (χ3n) is 14.0. The minimum absolute atomic E-state index is 0.0207. The van der Waals surface area contributed by atoms with Gasteiger partial charge in [-0.1, -0.05) is 33.8 Å². The molecule has 7 heterocycles. The van der Waals surface area contributed by atoms with Crippen molar-refractivity contribution in [3.63, 3.8) is 0 Å². The number of benzene rings is 1. The van der Waals surface area contributed by atoms with Crippen molar-refractivity contribution < 1.29 is 33.7 Å². The zero-order chi connectivity index (χ0) is 48.6. The van der Waals surface area contributed by atoms with Gasteiger partial charge in [-0.25, -0.2) is 14.6 Å². The molecule has 0 saturated carbocycles. The van der Waals surface area contributed by atoms with Crippen LogP contribution in [0.15, 0.2) is 41.9 Å². The molecule has 3 N–H and O–H groups in total. The lowest BCUT2D eigenvalue weighted by Gasteiger charge is -2.41. The summed E-state index contributed by atoms with van der Waals surface area (Å²) in [4.78, 5) is 91.6. The number of pyridine rings is 1. The Hall–Kier alpha value is -5.50. The predicted octanol–water partition coefficient (Wildman–Crippen LogP) is 5.30. The normalized spacial score (nSPS) is 22.9. The van der Waals surface area contributed by atoms with Crippen molar-refractivity contribution >= 4 is 46.0 Å². The minimum atomic E-state index is -1.09. The van der Waals surface area contributed by atoms with E-state index in [1.807, 2.05) is 32.2 Å². The summed E-state index contributed by atoms with van der Waals surface area (Å²) in [5.74, 6) is -1.21. The van der Waals surface area contributed by atoms with Crippen LogP contribution in [0.2, 0.25) is 0 Å². The van der Waals surface area contributed by atoms with Crippen molar-refractivity contribution in [1.82, 2.24) is 50.3 Å². The Balaban J connectivity index is 1.13. The van der Waals surface area contributed by atoms with E-state index in [1.54, 1.807) is 37.2 Å². The largest absolute Gasteiger partial charge is 0.375 e. The van der Waals surface area contributed by atoms with Crippen LogP contribution in [0.5, 0.6) is 0 Å². The van der Waals surface area contributed by atoms with Crippen molar-refractivity contribution in [1.29, 1.82) is 0 Å². The molecule has 18 nitrogen and oxygen atoms in total. The van der Waals surface area contributed by atoms with Gasteiger partial charge in [0.25, 0.3) is 5.91 Å². The summed E-state index contributed by atoms with van der Waals surface area (Å²) in [5, 5.41) is 11.2. The predicted molar refractivity (Wildman–Crippen MR) is 259 cm³/mol. The Bertz CT molecular complexity index is 2540. The fraction of sp³-hybridized carbons (Fsp3) is 0.592. The first kappa shape index (κ1) is 48.9. The van der Waals surface area contributed by atoms with Crippen LogP contribution in [0.1, 0.15) is 89.6 Å². The molecule has 4 aromatic rings. The third-order valence-corrected chi connectivity index (χ3v) is 14.8. The number of amides is 5. The zero-order valence-corrected chi connectivity index (χ0v) is 41.7. The van der Waals surface area contributed by atoms with Gasteiger partial charge in [0.05, 0.1) is 39.1 Å². The molecule has 4 aliphatic heterocycles. The number of thiazole rings is 1. The molecule has 3 aromatic heterocycles. The highest BCUT2D eigenvalue weighted by atomic mass is 32.1. The molecular formula is C49H68N11O7S+. The number of urea groups is 1. The van der Waals surface area contributed by atoms with E-state index in [0.717, 1.165) is 57.5 Å². The summed E-state index contributed by atoms with van der Waals surface area (Å²) in [6, 6.07) is 7.76. The fourth-order valence-corrected chi connectivity index (χ4v) is 11.0. The van der Waals surface area contributed by atoms with E-state index in [4.69, 9.17) is 19.5 Å². The van der Waals surface area contributed by atoms with Gasteiger partial charge in [0.15, 0.2) is 6.61 Å². The smallest absolute Gasteiger partial charge is 0.326 e. The number of likely N-dealkylation sites (N-methyl/N-ethyl adjacent to an activating group) is 2. The van der Waals surface area contributed by atoms with Crippen LogP contribution in [0.25, 0.3) is 33.4 Å². The van der Waals surface area contributed by atoms with Crippen LogP contribution in [-0.4, -0.2) is 147 Å². The summed E-state index contributed by atoms with van der Waals surface area (Å²) in [7, 11) is 5.09. The second kappa shape index (κ2) is 20.2. The van der Waals surface area contributed by atoms with E-state index < -0.39 is 35.5 Å². The number of ether oxygens (including phenoxy) is 1. The van der Waals surface area contributed by atoms with Gasteiger partial charge in [0, 0.05) is 112 Å². The molecule has 366 valence electrons. The van der Waals surface area contributed by atoms with Crippen LogP contribution in [0, 0.1) is 16.2 Å². The Kier molecular flexibility index (Phi) is 14.6. The van der Waals surface area contributed by atoms with Crippen molar-refractivity contribution in [3.8, 4) is 22.5 Å². The van der Waals surface area contributed by atoms with Crippen LogP contribution < -0.4 is 16.1 Å². The Morgan fingerprint density at radius 1 is 1.12 bits per heavy atom. The van der Waals surface area contributed by atoms with Gasteiger partial charge < -0.3 is 34.6 Å². The highest BCUT2D eigenvalue weighted by molar-refractivity contribution is 7.10. The first-order valence-corrected chi connectivity index (χ1v) is 24.9. The summed E-state index contributed by atoms with van der Waals surface area (Å²) < 4.78 is 8.13. The number of fused-ring (bicyclic) bond motifs is 6. The molecule has 1 aromatic carbocycles. The molecule has 3 fully saturated rings. The Morgan fingerprint density at radius 3 is 2.60 bits per heavy atom. The van der Waals surface area contributed by atoms with E-state index >= 15 is 0 Å². The van der Waals surface area contributed by atoms with E-state index in [-0.39, 0.29) is 49.1 Å². The van der Waals surface area contributed by atoms with Gasteiger partial charge in [-0.05, 0) is 75.3 Å². The summed E-state index contributed by atoms with van der Waals surface area (Å²) in [5.41, 5.74) is 9.19. The fourth-order valence-electron chi connectivity index (χ4n) is 10.1. The van der Waals surface area contributed by atoms with Crippen LogP contribution in [0.3, 0.4) is 0 Å². The number of rotatable bonds is 10. The number of methoxy groups -OCH3 is 1. The number of likely N-dealkylation sites (tertiary alicyclic amines) is 1. The molecule has 0 unspecified atom stereocenters. The number of nitrogens with one attached hydrogen (secondary N) is 3. The lowest BCUT2D eigenvalue weighted by atomic mass is 9.84. The van der Waals surface area contributed by atoms with Gasteiger partial charge >= 0.3 is 12.2 Å². The average molecular weight is 955 g/mol. The van der Waals surface area contributed by atoms with E-state index in [2.05, 4.69) is 65.7 Å². The highest BCUT2D eigenvalue weighted by Crippen LogP contribution is 2.42. The van der Waals surface area contributed by atoms with Crippen molar-refractivity contribution in [3.05, 3.63) is 63.1 Å². The number of aryl methyl sites for hydroxylation is 1. The molecule has 0 spiro atoms. The molecule has 0 radical (unpaired) electrons. The summed E-state index contributed by atoms with van der Waals surface area (Å²) in [6.45, 7) is 14.6. The SMILES string of the molecule is CCn1c(-c2cccnc2[C@H](C)OC)c2c3cc(ccc31)-c1csc(n1)C[C@H](NC(=O)[C@H](C(C)C)N(C)C(=O)N1CCC[C@@H](N(C)C(=O)[C@H]3CN3)C1)C(=O)N1CCC[C@H](N1)[N+](=O)OCC(C)(C)C2. The molecule has 19 heteroatoms. The standard InChI is InChI=1S/C49H67N11O7S/c1-10-58-39-18-17-31-22-34(39)35(44(58)33-15-11-19-50-42(33)30(4)66-9)24-49(5,6)28-67-60(65)40-16-13-21-59(54-40)47(63)36(23-41-52-38(31)27-68-41)53-45(61)43(29(2)3)56(8)48(64)57-20-12-14-32(26-57)55(7)46(62)37-25-51-37/h11,15,17-19,22,27,29-30,32,36-37,40,43,51,54H,10,12-14,16,20-21,23-26,28H2,1-9H3/p+1/t30-,32+,36-,37+,40+,43-/m0/s1. The molecule has 3 saturated heterocycles. The molecular weight excluding hydrogens is 887 g/mol. The van der Waals surface area contributed by atoms with Gasteiger partial charge in [0.1, 0.15) is 12.1 Å². The summed E-state index contributed by atoms with van der Waals surface area (Å²) >= 11 is 1.41. The third kappa shape index (κ3) is 10.1. The van der Waals surface area contributed by atoms with Crippen molar-refractivity contribution in [2.75, 3.05) is 54.0 Å². The minimum Gasteiger partial charge on any atom is -0.375 e. The van der Waals surface area contributed by atoms with Crippen LogP contribution >= 0.6 is 11.3 Å². The monoisotopic (exact) mass is 955 g/mol. The van der Waals surface area contributed by atoms with E-state index in [1.165, 1.54) is 21.2 Å². The molecule has 4 aliphatic rings. The van der Waals surface area contributed by atoms with Crippen LogP contribution in [0.4, 0.5) is 4.79 Å². The maximum absolute atomic E-state index is 14.7. The second-order valence-corrected chi connectivity index (χ2v) is 20.9. The molecule has 68 heavy (non-hydrogen) atoms. The number of hydrazine groups is 1. The van der Waals surface area contributed by atoms with Crippen LogP contribution in [-0.2, 0) is 43.3 Å². The zero-order valence-electron chi connectivity index (χ0n) is 40.9. The maximum atomic E-state index is 14.7. The van der Waals surface area contributed by atoms with Gasteiger partial charge in [0.2, 0.25) is 16.7 Å². The van der Waals surface area contributed by atoms with Crippen molar-refractivity contribution in [2.24, 2.45) is 11.3 Å². The quantitative estimate of drug-likeness (QED) is 0.175. The Morgan fingerprint density at radius 2 is 1.88 bits per heavy atom. The van der Waals surface area contributed by atoms with Gasteiger partial charge in [-0.3, -0.25) is 24.4 Å². The second-order valence-electron chi connectivity index (χ2n) is 19.9. The first-order valence-electron chi connectivity index (χ1n) is 24.1. The van der Waals surface area contributed by atoms with Gasteiger partial charge in [-0.15, -0.1) is 11.3 Å². The Labute approximate surface area is 402 Å². The topological polar surface area (TPSA) is 196 Å². The average Bonchev–Trinajstić information content (AvgIpc) is 4.02. The number of carbonyl (C=O) groups is 4. The maximum Gasteiger partial charge on any atom is 0.326 e.